The van der Waals surface area contributed by atoms with Crippen molar-refractivity contribution in [3.05, 3.63) is 23.8 Å². The van der Waals surface area contributed by atoms with E-state index in [9.17, 15) is 0 Å². The van der Waals surface area contributed by atoms with E-state index in [1.54, 1.807) is 14.2 Å². The third kappa shape index (κ3) is 7.34. The molecule has 1 atom stereocenters. The first-order valence-electron chi connectivity index (χ1n) is 11.0. The Kier molecular flexibility index (Phi) is 10.6. The van der Waals surface area contributed by atoms with Crippen LogP contribution in [0.4, 0.5) is 0 Å². The molecule has 0 spiro atoms. The predicted molar refractivity (Wildman–Crippen MR) is 114 cm³/mol. The lowest BCUT2D eigenvalue weighted by atomic mass is 10.0. The van der Waals surface area contributed by atoms with Gasteiger partial charge in [-0.25, -0.2) is 0 Å². The quantitative estimate of drug-likeness (QED) is 0.481. The molecule has 0 radical (unpaired) electrons. The summed E-state index contributed by atoms with van der Waals surface area (Å²) in [6, 6.07) is 6.81. The zero-order chi connectivity index (χ0) is 19.3. The molecule has 1 fully saturated rings. The molecule has 0 amide bonds. The number of methoxy groups -OCH3 is 2. The number of unbranched alkanes of at least 4 members (excludes halogenated alkanes) is 5. The van der Waals surface area contributed by atoms with Crippen molar-refractivity contribution < 1.29 is 9.47 Å². The molecule has 27 heavy (non-hydrogen) atoms. The van der Waals surface area contributed by atoms with Crippen LogP contribution in [0.5, 0.6) is 11.5 Å². The second-order valence-corrected chi connectivity index (χ2v) is 7.70. The van der Waals surface area contributed by atoms with E-state index in [0.717, 1.165) is 24.6 Å². The number of nitrogens with one attached hydrogen (secondary N) is 1. The lowest BCUT2D eigenvalue weighted by molar-refractivity contribution is 0.160. The highest BCUT2D eigenvalue weighted by Gasteiger charge is 2.23. The maximum atomic E-state index is 5.54. The summed E-state index contributed by atoms with van der Waals surface area (Å²) in [4.78, 5) is 2.64. The highest BCUT2D eigenvalue weighted by molar-refractivity contribution is 5.44. The van der Waals surface area contributed by atoms with Gasteiger partial charge in [-0.1, -0.05) is 51.5 Å². The van der Waals surface area contributed by atoms with Crippen LogP contribution >= 0.6 is 0 Å². The number of piperidine rings is 1. The monoisotopic (exact) mass is 376 g/mol. The van der Waals surface area contributed by atoms with Crippen LogP contribution in [0.3, 0.4) is 0 Å². The Hall–Kier alpha value is -1.26. The Labute approximate surface area is 166 Å². The van der Waals surface area contributed by atoms with E-state index in [1.165, 1.54) is 76.4 Å². The Morgan fingerprint density at radius 2 is 1.63 bits per heavy atom. The van der Waals surface area contributed by atoms with Crippen LogP contribution in [-0.4, -0.2) is 45.3 Å². The minimum Gasteiger partial charge on any atom is -0.493 e. The molecule has 0 saturated carbocycles. The molecule has 1 saturated heterocycles. The third-order valence-corrected chi connectivity index (χ3v) is 5.67. The largest absolute Gasteiger partial charge is 0.493 e. The topological polar surface area (TPSA) is 33.7 Å². The summed E-state index contributed by atoms with van der Waals surface area (Å²) < 4.78 is 11.0. The average molecular weight is 377 g/mol. The van der Waals surface area contributed by atoms with E-state index in [2.05, 4.69) is 29.3 Å². The fourth-order valence-corrected chi connectivity index (χ4v) is 4.02. The molecule has 1 heterocycles. The van der Waals surface area contributed by atoms with E-state index in [1.807, 2.05) is 6.07 Å². The van der Waals surface area contributed by atoms with Gasteiger partial charge in [-0.05, 0) is 56.6 Å². The molecule has 1 aliphatic heterocycles. The summed E-state index contributed by atoms with van der Waals surface area (Å²) in [7, 11) is 3.41. The van der Waals surface area contributed by atoms with Crippen molar-refractivity contribution in [3.8, 4) is 11.5 Å². The van der Waals surface area contributed by atoms with Crippen molar-refractivity contribution in [2.75, 3.05) is 40.4 Å². The molecule has 1 unspecified atom stereocenters. The maximum absolute atomic E-state index is 5.54. The third-order valence-electron chi connectivity index (χ3n) is 5.67. The average Bonchev–Trinajstić information content (AvgIpc) is 2.73. The van der Waals surface area contributed by atoms with Gasteiger partial charge in [-0.2, -0.15) is 0 Å². The number of hydrogen-bond acceptors (Lipinski definition) is 4. The predicted octanol–water partition coefficient (Wildman–Crippen LogP) is 5.18. The van der Waals surface area contributed by atoms with Gasteiger partial charge >= 0.3 is 0 Å². The fourth-order valence-electron chi connectivity index (χ4n) is 4.02. The molecular weight excluding hydrogens is 336 g/mol. The van der Waals surface area contributed by atoms with Gasteiger partial charge in [0.05, 0.1) is 14.2 Å². The summed E-state index contributed by atoms with van der Waals surface area (Å²) in [6.07, 6.45) is 12.1. The van der Waals surface area contributed by atoms with Crippen LogP contribution < -0.4 is 14.8 Å². The first kappa shape index (κ1) is 22.0. The van der Waals surface area contributed by atoms with Gasteiger partial charge in [0, 0.05) is 12.6 Å². The van der Waals surface area contributed by atoms with Gasteiger partial charge in [0.15, 0.2) is 11.5 Å². The highest BCUT2D eigenvalue weighted by atomic mass is 16.5. The molecular formula is C23H40N2O2. The summed E-state index contributed by atoms with van der Waals surface area (Å²) in [5, 5.41) is 3.72. The SMILES string of the molecule is CCCCCCCCNCC(c1ccc(OC)c(OC)c1)N1CCCCC1. The second-order valence-electron chi connectivity index (χ2n) is 7.70. The Bertz CT molecular complexity index is 515. The molecule has 4 heteroatoms. The smallest absolute Gasteiger partial charge is 0.161 e. The Morgan fingerprint density at radius 3 is 2.33 bits per heavy atom. The molecule has 0 aliphatic carbocycles. The standard InChI is InChI=1S/C23H40N2O2/c1-4-5-6-7-8-10-15-24-19-21(25-16-11-9-12-17-25)20-13-14-22(26-2)23(18-20)27-3/h13-14,18,21,24H,4-12,15-17,19H2,1-3H3. The van der Waals surface area contributed by atoms with Crippen molar-refractivity contribution in [2.45, 2.75) is 70.8 Å². The van der Waals surface area contributed by atoms with Crippen molar-refractivity contribution in [2.24, 2.45) is 0 Å². The van der Waals surface area contributed by atoms with Crippen molar-refractivity contribution >= 4 is 0 Å². The minimum atomic E-state index is 0.408. The van der Waals surface area contributed by atoms with Crippen LogP contribution in [-0.2, 0) is 0 Å². The molecule has 2 rings (SSSR count). The molecule has 1 aliphatic rings. The minimum absolute atomic E-state index is 0.408. The van der Waals surface area contributed by atoms with Gasteiger partial charge in [0.25, 0.3) is 0 Å². The van der Waals surface area contributed by atoms with Gasteiger partial charge in [0.1, 0.15) is 0 Å². The van der Waals surface area contributed by atoms with Gasteiger partial charge in [-0.15, -0.1) is 0 Å². The van der Waals surface area contributed by atoms with Crippen molar-refractivity contribution in [1.29, 1.82) is 0 Å². The summed E-state index contributed by atoms with van der Waals surface area (Å²) in [5.74, 6) is 1.63. The number of nitrogens with zero attached hydrogens (tertiary/aromatic N) is 1. The zero-order valence-corrected chi connectivity index (χ0v) is 17.8. The molecule has 1 aromatic carbocycles. The molecule has 0 aromatic heterocycles. The van der Waals surface area contributed by atoms with Crippen molar-refractivity contribution in [1.82, 2.24) is 10.2 Å². The summed E-state index contributed by atoms with van der Waals surface area (Å²) in [5.41, 5.74) is 1.32. The van der Waals surface area contributed by atoms with E-state index in [4.69, 9.17) is 9.47 Å². The summed E-state index contributed by atoms with van der Waals surface area (Å²) in [6.45, 7) is 6.78. The number of likely N-dealkylation sites (tertiary alicyclic amines) is 1. The van der Waals surface area contributed by atoms with Gasteiger partial charge in [0.2, 0.25) is 0 Å². The molecule has 154 valence electrons. The van der Waals surface area contributed by atoms with Crippen molar-refractivity contribution in [3.63, 3.8) is 0 Å². The van der Waals surface area contributed by atoms with Crippen LogP contribution in [0.1, 0.15) is 76.3 Å². The maximum Gasteiger partial charge on any atom is 0.161 e. The van der Waals surface area contributed by atoms with Crippen LogP contribution in [0.15, 0.2) is 18.2 Å². The van der Waals surface area contributed by atoms with E-state index >= 15 is 0 Å². The lowest BCUT2D eigenvalue weighted by Crippen LogP contribution is -2.39. The molecule has 0 bridgehead atoms. The Balaban J connectivity index is 1.91. The summed E-state index contributed by atoms with van der Waals surface area (Å²) >= 11 is 0. The number of rotatable bonds is 13. The van der Waals surface area contributed by atoms with Gasteiger partial charge < -0.3 is 14.8 Å². The van der Waals surface area contributed by atoms with Crippen LogP contribution in [0.2, 0.25) is 0 Å². The van der Waals surface area contributed by atoms with Crippen LogP contribution in [0, 0.1) is 0 Å². The van der Waals surface area contributed by atoms with E-state index in [-0.39, 0.29) is 0 Å². The number of ether oxygens (including phenoxy) is 2. The number of benzene rings is 1. The first-order valence-corrected chi connectivity index (χ1v) is 11.0. The fraction of sp³-hybridized carbons (Fsp3) is 0.739. The first-order chi connectivity index (χ1) is 13.3. The molecule has 1 aromatic rings. The van der Waals surface area contributed by atoms with Gasteiger partial charge in [-0.3, -0.25) is 4.90 Å². The lowest BCUT2D eigenvalue weighted by Gasteiger charge is -2.35. The number of hydrogen-bond donors (Lipinski definition) is 1. The van der Waals surface area contributed by atoms with E-state index in [0.29, 0.717) is 6.04 Å². The van der Waals surface area contributed by atoms with E-state index < -0.39 is 0 Å². The highest BCUT2D eigenvalue weighted by Crippen LogP contribution is 2.32. The Morgan fingerprint density at radius 1 is 0.926 bits per heavy atom. The molecule has 4 nitrogen and oxygen atoms in total. The zero-order valence-electron chi connectivity index (χ0n) is 17.8. The second kappa shape index (κ2) is 13.0. The normalized spacial score (nSPS) is 16.3. The van der Waals surface area contributed by atoms with Crippen LogP contribution in [0.25, 0.3) is 0 Å². The molecule has 1 N–H and O–H groups in total.